The molecule has 0 aliphatic carbocycles. The molecular formula is C36H50NOP. The lowest BCUT2D eigenvalue weighted by Crippen LogP contribution is -2.24. The number of rotatable bonds is 11. The van der Waals surface area contributed by atoms with E-state index in [0.29, 0.717) is 15.2 Å². The molecule has 2 nitrogen and oxygen atoms in total. The largest absolute Gasteiger partial charge is 0.488 e. The van der Waals surface area contributed by atoms with Gasteiger partial charge in [-0.25, -0.2) is 0 Å². The topological polar surface area (TPSA) is 21.6 Å². The summed E-state index contributed by atoms with van der Waals surface area (Å²) in [5, 5.41) is 1.32. The van der Waals surface area contributed by atoms with Crippen molar-refractivity contribution in [3.8, 4) is 5.75 Å². The fraction of sp³-hybridized carbons (Fsp3) is 0.472. The van der Waals surface area contributed by atoms with E-state index in [2.05, 4.69) is 135 Å². The fourth-order valence-electron chi connectivity index (χ4n) is 4.82. The Bertz CT molecular complexity index is 1230. The summed E-state index contributed by atoms with van der Waals surface area (Å²) in [5.41, 5.74) is 6.32. The molecule has 0 radical (unpaired) electrons. The molecule has 0 fully saturated rings. The summed E-state index contributed by atoms with van der Waals surface area (Å²) in [7, 11) is 0.602. The van der Waals surface area contributed by atoms with Gasteiger partial charge in [0.25, 0.3) is 0 Å². The fourth-order valence-corrected chi connectivity index (χ4v) is 6.50. The van der Waals surface area contributed by atoms with Crippen LogP contribution in [-0.4, -0.2) is 11.8 Å². The maximum atomic E-state index is 6.71. The quantitative estimate of drug-likeness (QED) is 0.134. The first-order valence-electron chi connectivity index (χ1n) is 14.6. The molecule has 0 spiro atoms. The Morgan fingerprint density at radius 2 is 1.51 bits per heavy atom. The molecule has 3 aromatic carbocycles. The van der Waals surface area contributed by atoms with Crippen molar-refractivity contribution in [3.63, 3.8) is 0 Å². The van der Waals surface area contributed by atoms with Crippen LogP contribution in [0, 0.1) is 6.92 Å². The van der Waals surface area contributed by atoms with E-state index in [4.69, 9.17) is 9.73 Å². The Kier molecular flexibility index (Phi) is 10.6. The van der Waals surface area contributed by atoms with Crippen molar-refractivity contribution in [2.24, 2.45) is 4.99 Å². The third kappa shape index (κ3) is 9.04. The van der Waals surface area contributed by atoms with E-state index in [-0.39, 0.29) is 16.1 Å². The minimum absolute atomic E-state index is 0.0567. The van der Waals surface area contributed by atoms with E-state index >= 15 is 0 Å². The lowest BCUT2D eigenvalue weighted by Gasteiger charge is -2.35. The highest BCUT2D eigenvalue weighted by atomic mass is 31.1. The molecule has 0 aliphatic rings. The van der Waals surface area contributed by atoms with Crippen molar-refractivity contribution < 1.29 is 4.74 Å². The predicted molar refractivity (Wildman–Crippen MR) is 174 cm³/mol. The van der Waals surface area contributed by atoms with Gasteiger partial charge in [-0.1, -0.05) is 129 Å². The van der Waals surface area contributed by atoms with Gasteiger partial charge in [-0.15, -0.1) is 0 Å². The second-order valence-corrected chi connectivity index (χ2v) is 15.0. The molecule has 0 aliphatic heterocycles. The van der Waals surface area contributed by atoms with Gasteiger partial charge in [0.15, 0.2) is 0 Å². The minimum Gasteiger partial charge on any atom is -0.488 e. The number of aliphatic imine (C=N–C) groups is 1. The van der Waals surface area contributed by atoms with Crippen LogP contribution in [0.3, 0.4) is 0 Å². The third-order valence-electron chi connectivity index (χ3n) is 7.20. The molecule has 0 aromatic heterocycles. The van der Waals surface area contributed by atoms with E-state index in [1.54, 1.807) is 0 Å². The first-order valence-corrected chi connectivity index (χ1v) is 15.6. The van der Waals surface area contributed by atoms with E-state index in [1.807, 2.05) is 0 Å². The summed E-state index contributed by atoms with van der Waals surface area (Å²) in [5.74, 6) is 1.05. The number of benzene rings is 3. The average molecular weight is 544 g/mol. The number of hydrogen-bond donors (Lipinski definition) is 0. The first-order chi connectivity index (χ1) is 18.3. The van der Waals surface area contributed by atoms with Gasteiger partial charge in [0.1, 0.15) is 12.4 Å². The van der Waals surface area contributed by atoms with E-state index < -0.39 is 0 Å². The molecule has 3 rings (SSSR count). The Labute approximate surface area is 240 Å². The van der Waals surface area contributed by atoms with Crippen LogP contribution in [0.5, 0.6) is 5.75 Å². The van der Waals surface area contributed by atoms with Crippen molar-refractivity contribution in [1.82, 2.24) is 0 Å². The summed E-state index contributed by atoms with van der Waals surface area (Å²) in [6.45, 7) is 20.9. The summed E-state index contributed by atoms with van der Waals surface area (Å²) < 4.78 is 6.71. The number of unbranched alkanes of at least 4 members (excludes halogenated alkanes) is 2. The molecule has 0 saturated heterocycles. The molecule has 0 amide bonds. The van der Waals surface area contributed by atoms with Gasteiger partial charge in [0.2, 0.25) is 0 Å². The second kappa shape index (κ2) is 13.3. The Hall–Kier alpha value is -2.44. The van der Waals surface area contributed by atoms with E-state index in [1.165, 1.54) is 52.4 Å². The highest BCUT2D eigenvalue weighted by Crippen LogP contribution is 2.50. The highest BCUT2D eigenvalue weighted by molar-refractivity contribution is 7.48. The van der Waals surface area contributed by atoms with Gasteiger partial charge in [-0.3, -0.25) is 4.99 Å². The summed E-state index contributed by atoms with van der Waals surface area (Å²) in [6, 6.07) is 24.1. The van der Waals surface area contributed by atoms with Crippen LogP contribution in [0.15, 0.2) is 71.7 Å². The predicted octanol–water partition coefficient (Wildman–Crippen LogP) is 9.89. The van der Waals surface area contributed by atoms with Crippen LogP contribution in [0.4, 0.5) is 0 Å². The van der Waals surface area contributed by atoms with Crippen LogP contribution in [0.1, 0.15) is 109 Å². The molecule has 0 N–H and O–H groups in total. The Balaban J connectivity index is 2.14. The van der Waals surface area contributed by atoms with Crippen molar-refractivity contribution >= 4 is 20.1 Å². The highest BCUT2D eigenvalue weighted by Gasteiger charge is 2.33. The van der Waals surface area contributed by atoms with Gasteiger partial charge >= 0.3 is 0 Å². The molecule has 0 bridgehead atoms. The maximum absolute atomic E-state index is 6.71. The molecule has 39 heavy (non-hydrogen) atoms. The van der Waals surface area contributed by atoms with Crippen LogP contribution >= 0.6 is 8.58 Å². The average Bonchev–Trinajstić information content (AvgIpc) is 2.87. The Morgan fingerprint density at radius 3 is 2.15 bits per heavy atom. The zero-order valence-electron chi connectivity index (χ0n) is 25.8. The number of aryl methyl sites for hydroxylation is 1. The first kappa shape index (κ1) is 31.1. The zero-order valence-corrected chi connectivity index (χ0v) is 26.8. The summed E-state index contributed by atoms with van der Waals surface area (Å²) in [6.07, 6.45) is 6.87. The van der Waals surface area contributed by atoms with Crippen LogP contribution < -0.4 is 10.0 Å². The molecular weight excluding hydrogens is 493 g/mol. The Morgan fingerprint density at radius 1 is 0.846 bits per heavy atom. The molecule has 2 atom stereocenters. The van der Waals surface area contributed by atoms with Crippen molar-refractivity contribution in [3.05, 3.63) is 94.5 Å². The summed E-state index contributed by atoms with van der Waals surface area (Å²) >= 11 is 0. The molecule has 0 heterocycles. The van der Waals surface area contributed by atoms with Gasteiger partial charge in [0.05, 0.1) is 5.54 Å². The van der Waals surface area contributed by atoms with Crippen LogP contribution in [0.2, 0.25) is 0 Å². The van der Waals surface area contributed by atoms with Gasteiger partial charge < -0.3 is 4.74 Å². The monoisotopic (exact) mass is 543 g/mol. The normalized spacial score (nSPS) is 14.3. The van der Waals surface area contributed by atoms with Crippen molar-refractivity contribution in [2.75, 3.05) is 0 Å². The molecule has 3 aromatic rings. The second-order valence-electron chi connectivity index (χ2n) is 13.1. The molecule has 0 saturated carbocycles. The SMILES string of the molecule is CCCCCC(C)(Pc1ccccc1C=NC(C)(C)C)c1cc(C(C)(C)C)cc(C)c1OCc1ccccc1. The third-order valence-corrected chi connectivity index (χ3v) is 9.00. The van der Waals surface area contributed by atoms with Crippen LogP contribution in [-0.2, 0) is 17.2 Å². The van der Waals surface area contributed by atoms with Gasteiger partial charge in [0, 0.05) is 16.9 Å². The van der Waals surface area contributed by atoms with Gasteiger partial charge in [-0.2, -0.15) is 0 Å². The van der Waals surface area contributed by atoms with Crippen molar-refractivity contribution in [1.29, 1.82) is 0 Å². The van der Waals surface area contributed by atoms with E-state index in [9.17, 15) is 0 Å². The smallest absolute Gasteiger partial charge is 0.126 e. The lowest BCUT2D eigenvalue weighted by atomic mass is 9.82. The maximum Gasteiger partial charge on any atom is 0.126 e. The van der Waals surface area contributed by atoms with Crippen LogP contribution in [0.25, 0.3) is 0 Å². The number of nitrogens with zero attached hydrogens (tertiary/aromatic N) is 1. The molecule has 3 heteroatoms. The number of hydrogen-bond acceptors (Lipinski definition) is 2. The van der Waals surface area contributed by atoms with Gasteiger partial charge in [-0.05, 0) is 67.1 Å². The van der Waals surface area contributed by atoms with E-state index in [0.717, 1.165) is 12.2 Å². The lowest BCUT2D eigenvalue weighted by molar-refractivity contribution is 0.296. The minimum atomic E-state index is -0.0999. The molecule has 210 valence electrons. The molecule has 2 unspecified atom stereocenters. The van der Waals surface area contributed by atoms with Crippen molar-refractivity contribution in [2.45, 2.75) is 111 Å². The summed E-state index contributed by atoms with van der Waals surface area (Å²) in [4.78, 5) is 4.86. The standard InChI is InChI=1S/C36H50NOP/c1-10-11-17-22-36(9,39-32-21-16-15-20-29(32)25-37-35(6,7)8)31-24-30(34(3,4)5)23-27(2)33(31)38-26-28-18-13-12-14-19-28/h12-16,18-21,23-25,39H,10-11,17,22,26H2,1-9H3. The number of ether oxygens (including phenoxy) is 1. The zero-order chi connectivity index (χ0) is 28.7.